The average molecular weight is 300 g/mol. The molecule has 0 aromatic carbocycles. The third kappa shape index (κ3) is 7.90. The van der Waals surface area contributed by atoms with Gasteiger partial charge in [-0.3, -0.25) is 4.79 Å². The summed E-state index contributed by atoms with van der Waals surface area (Å²) in [6.07, 6.45) is 3.96. The van der Waals surface area contributed by atoms with Gasteiger partial charge in [0, 0.05) is 18.6 Å². The van der Waals surface area contributed by atoms with Gasteiger partial charge < -0.3 is 20.1 Å². The van der Waals surface area contributed by atoms with Crippen LogP contribution in [0.1, 0.15) is 52.9 Å². The minimum Gasteiger partial charge on any atom is -0.469 e. The normalized spacial score (nSPS) is 22.5. The molecular weight excluding hydrogens is 272 g/mol. The molecule has 21 heavy (non-hydrogen) atoms. The molecule has 2 N–H and O–H groups in total. The van der Waals surface area contributed by atoms with E-state index in [-0.39, 0.29) is 18.1 Å². The number of carbonyl (C=O) groups excluding carboxylic acids is 2. The molecule has 0 aromatic rings. The van der Waals surface area contributed by atoms with Crippen molar-refractivity contribution >= 4 is 12.1 Å². The first-order chi connectivity index (χ1) is 9.80. The van der Waals surface area contributed by atoms with Crippen molar-refractivity contribution in [2.75, 3.05) is 13.7 Å². The lowest BCUT2D eigenvalue weighted by Crippen LogP contribution is -2.45. The maximum atomic E-state index is 11.8. The second kappa shape index (κ2) is 8.22. The topological polar surface area (TPSA) is 76.7 Å². The molecule has 0 heterocycles. The quantitative estimate of drug-likeness (QED) is 0.759. The number of methoxy groups -OCH3 is 1. The van der Waals surface area contributed by atoms with Crippen LogP contribution in [0, 0.1) is 0 Å². The summed E-state index contributed by atoms with van der Waals surface area (Å²) < 4.78 is 9.88. The third-order valence-corrected chi connectivity index (χ3v) is 3.38. The van der Waals surface area contributed by atoms with E-state index in [2.05, 4.69) is 15.4 Å². The molecule has 6 heteroatoms. The molecule has 1 aliphatic carbocycles. The molecule has 1 rings (SSSR count). The summed E-state index contributed by atoms with van der Waals surface area (Å²) in [7, 11) is 1.39. The molecule has 122 valence electrons. The molecule has 1 saturated carbocycles. The van der Waals surface area contributed by atoms with E-state index in [4.69, 9.17) is 4.74 Å². The van der Waals surface area contributed by atoms with Crippen LogP contribution < -0.4 is 10.6 Å². The van der Waals surface area contributed by atoms with Crippen molar-refractivity contribution in [1.29, 1.82) is 0 Å². The molecule has 1 aliphatic rings. The van der Waals surface area contributed by atoms with Gasteiger partial charge in [-0.1, -0.05) is 0 Å². The fourth-order valence-electron chi connectivity index (χ4n) is 2.46. The van der Waals surface area contributed by atoms with E-state index in [0.717, 1.165) is 25.7 Å². The zero-order valence-corrected chi connectivity index (χ0v) is 13.5. The highest BCUT2D eigenvalue weighted by atomic mass is 16.6. The van der Waals surface area contributed by atoms with E-state index in [1.54, 1.807) is 0 Å². The molecular formula is C15H28N2O4. The highest BCUT2D eigenvalue weighted by molar-refractivity contribution is 5.69. The van der Waals surface area contributed by atoms with Crippen LogP contribution in [0.25, 0.3) is 0 Å². The smallest absolute Gasteiger partial charge is 0.407 e. The lowest BCUT2D eigenvalue weighted by Gasteiger charge is -2.31. The number of esters is 1. The van der Waals surface area contributed by atoms with Gasteiger partial charge in [0.25, 0.3) is 0 Å². The van der Waals surface area contributed by atoms with Crippen LogP contribution in [-0.2, 0) is 14.3 Å². The monoisotopic (exact) mass is 300 g/mol. The Bertz CT molecular complexity index is 352. The highest BCUT2D eigenvalue weighted by Crippen LogP contribution is 2.19. The van der Waals surface area contributed by atoms with Gasteiger partial charge in [-0.15, -0.1) is 0 Å². The van der Waals surface area contributed by atoms with Gasteiger partial charge >= 0.3 is 12.1 Å². The Labute approximate surface area is 126 Å². The minimum absolute atomic E-state index is 0.129. The van der Waals surface area contributed by atoms with Gasteiger partial charge in [0.1, 0.15) is 5.60 Å². The highest BCUT2D eigenvalue weighted by Gasteiger charge is 2.25. The van der Waals surface area contributed by atoms with E-state index in [1.165, 1.54) is 7.11 Å². The summed E-state index contributed by atoms with van der Waals surface area (Å²) in [5, 5.41) is 6.27. The van der Waals surface area contributed by atoms with Crippen LogP contribution in [-0.4, -0.2) is 43.4 Å². The number of amides is 1. The third-order valence-electron chi connectivity index (χ3n) is 3.38. The zero-order chi connectivity index (χ0) is 15.9. The number of hydrogen-bond donors (Lipinski definition) is 2. The Morgan fingerprint density at radius 3 is 2.48 bits per heavy atom. The molecule has 1 fully saturated rings. The molecule has 0 saturated heterocycles. The number of hydrogen-bond acceptors (Lipinski definition) is 5. The first-order valence-corrected chi connectivity index (χ1v) is 7.60. The molecule has 2 atom stereocenters. The van der Waals surface area contributed by atoms with E-state index in [1.807, 2.05) is 20.8 Å². The molecule has 0 bridgehead atoms. The fourth-order valence-corrected chi connectivity index (χ4v) is 2.46. The summed E-state index contributed by atoms with van der Waals surface area (Å²) in [6, 6.07) is 0.451. The summed E-state index contributed by atoms with van der Waals surface area (Å²) in [5.74, 6) is -0.207. The van der Waals surface area contributed by atoms with Crippen molar-refractivity contribution in [3.05, 3.63) is 0 Å². The van der Waals surface area contributed by atoms with Gasteiger partial charge in [-0.25, -0.2) is 4.79 Å². The van der Waals surface area contributed by atoms with Crippen molar-refractivity contribution in [1.82, 2.24) is 10.6 Å². The molecule has 6 nitrogen and oxygen atoms in total. The summed E-state index contributed by atoms with van der Waals surface area (Å²) in [5.41, 5.74) is -0.475. The lowest BCUT2D eigenvalue weighted by molar-refractivity contribution is -0.140. The molecule has 0 aromatic heterocycles. The summed E-state index contributed by atoms with van der Waals surface area (Å²) in [6.45, 7) is 6.16. The van der Waals surface area contributed by atoms with Crippen LogP contribution in [0.3, 0.4) is 0 Å². The lowest BCUT2D eigenvalue weighted by atomic mass is 9.91. The predicted molar refractivity (Wildman–Crippen MR) is 80.0 cm³/mol. The van der Waals surface area contributed by atoms with Crippen molar-refractivity contribution in [2.24, 2.45) is 0 Å². The first kappa shape index (κ1) is 17.8. The van der Waals surface area contributed by atoms with Crippen LogP contribution in [0.5, 0.6) is 0 Å². The Hall–Kier alpha value is -1.30. The van der Waals surface area contributed by atoms with E-state index in [9.17, 15) is 9.59 Å². The Morgan fingerprint density at radius 1 is 1.19 bits per heavy atom. The first-order valence-electron chi connectivity index (χ1n) is 7.60. The maximum absolute atomic E-state index is 11.8. The number of carbonyl (C=O) groups is 2. The van der Waals surface area contributed by atoms with Crippen molar-refractivity contribution in [3.63, 3.8) is 0 Å². The largest absolute Gasteiger partial charge is 0.469 e. The Morgan fingerprint density at radius 2 is 1.86 bits per heavy atom. The van der Waals surface area contributed by atoms with Gasteiger partial charge in [0.15, 0.2) is 0 Å². The van der Waals surface area contributed by atoms with Gasteiger partial charge in [-0.05, 0) is 46.5 Å². The average Bonchev–Trinajstić information content (AvgIpc) is 2.36. The van der Waals surface area contributed by atoms with Crippen molar-refractivity contribution in [2.45, 2.75) is 70.6 Å². The van der Waals surface area contributed by atoms with Gasteiger partial charge in [0.05, 0.1) is 13.5 Å². The fraction of sp³-hybridized carbons (Fsp3) is 0.867. The molecule has 0 radical (unpaired) electrons. The summed E-state index contributed by atoms with van der Waals surface area (Å²) >= 11 is 0. The second-order valence-corrected chi connectivity index (χ2v) is 6.49. The van der Waals surface area contributed by atoms with E-state index >= 15 is 0 Å². The van der Waals surface area contributed by atoms with Crippen LogP contribution in [0.2, 0.25) is 0 Å². The standard InChI is InChI=1S/C15H28N2O4/c1-15(2,3)21-14(19)17-12-7-5-6-11(10-12)16-9-8-13(18)20-4/h11-12,16H,5-10H2,1-4H3,(H,17,19). The molecule has 0 aliphatic heterocycles. The minimum atomic E-state index is -0.475. The number of nitrogens with one attached hydrogen (secondary N) is 2. The van der Waals surface area contributed by atoms with Gasteiger partial charge in [-0.2, -0.15) is 0 Å². The number of ether oxygens (including phenoxy) is 2. The SMILES string of the molecule is COC(=O)CCNC1CCCC(NC(=O)OC(C)(C)C)C1. The van der Waals surface area contributed by atoms with Crippen LogP contribution >= 0.6 is 0 Å². The molecule has 2 unspecified atom stereocenters. The van der Waals surface area contributed by atoms with Crippen molar-refractivity contribution < 1.29 is 19.1 Å². The Balaban J connectivity index is 2.28. The zero-order valence-electron chi connectivity index (χ0n) is 13.5. The summed E-state index contributed by atoms with van der Waals surface area (Å²) in [4.78, 5) is 22.8. The van der Waals surface area contributed by atoms with E-state index in [0.29, 0.717) is 19.0 Å². The number of alkyl carbamates (subject to hydrolysis) is 1. The number of rotatable bonds is 5. The molecule has 0 spiro atoms. The predicted octanol–water partition coefficient (Wildman–Crippen LogP) is 1.98. The van der Waals surface area contributed by atoms with Gasteiger partial charge in [0.2, 0.25) is 0 Å². The van der Waals surface area contributed by atoms with Crippen LogP contribution in [0.15, 0.2) is 0 Å². The van der Waals surface area contributed by atoms with Crippen LogP contribution in [0.4, 0.5) is 4.79 Å². The second-order valence-electron chi connectivity index (χ2n) is 6.49. The Kier molecular flexibility index (Phi) is 6.95. The van der Waals surface area contributed by atoms with E-state index < -0.39 is 5.60 Å². The molecule has 1 amide bonds. The maximum Gasteiger partial charge on any atom is 0.407 e. The van der Waals surface area contributed by atoms with Crippen molar-refractivity contribution in [3.8, 4) is 0 Å².